The molecule has 3 N–H and O–H groups in total. The van der Waals surface area contributed by atoms with Crippen molar-refractivity contribution < 1.29 is 0 Å². The van der Waals surface area contributed by atoms with Crippen LogP contribution in [0.3, 0.4) is 0 Å². The summed E-state index contributed by atoms with van der Waals surface area (Å²) in [6.45, 7) is 0.489. The van der Waals surface area contributed by atoms with Gasteiger partial charge in [-0.15, -0.1) is 0 Å². The largest absolute Gasteiger partial charge is 0.382 e. The van der Waals surface area contributed by atoms with Gasteiger partial charge in [0.1, 0.15) is 11.6 Å². The third-order valence-corrected chi connectivity index (χ3v) is 3.06. The van der Waals surface area contributed by atoms with Gasteiger partial charge in [0.15, 0.2) is 0 Å². The van der Waals surface area contributed by atoms with Crippen molar-refractivity contribution >= 4 is 34.8 Å². The highest BCUT2D eigenvalue weighted by atomic mass is 35.5. The molecule has 0 aliphatic heterocycles. The smallest absolute Gasteiger partial charge is 0.147 e. The van der Waals surface area contributed by atoms with E-state index in [4.69, 9.17) is 34.2 Å². The maximum Gasteiger partial charge on any atom is 0.147 e. The minimum Gasteiger partial charge on any atom is -0.382 e. The van der Waals surface area contributed by atoms with Crippen molar-refractivity contribution in [3.63, 3.8) is 0 Å². The Morgan fingerprint density at radius 2 is 2.05 bits per heavy atom. The van der Waals surface area contributed by atoms with Crippen LogP contribution in [0.2, 0.25) is 10.0 Å². The van der Waals surface area contributed by atoms with Gasteiger partial charge in [-0.05, 0) is 23.8 Å². The van der Waals surface area contributed by atoms with Crippen LogP contribution in [0.1, 0.15) is 11.1 Å². The molecule has 0 atom stereocenters. The predicted molar refractivity (Wildman–Crippen MR) is 77.2 cm³/mol. The Bertz CT molecular complexity index is 650. The number of halogens is 2. The molecule has 0 amide bonds. The van der Waals surface area contributed by atoms with Gasteiger partial charge in [0, 0.05) is 6.54 Å². The zero-order valence-corrected chi connectivity index (χ0v) is 11.3. The number of nitrogens with zero attached hydrogens (tertiary/aromatic N) is 2. The van der Waals surface area contributed by atoms with Gasteiger partial charge in [-0.2, -0.15) is 5.26 Å². The van der Waals surface area contributed by atoms with E-state index >= 15 is 0 Å². The standard InChI is InChI=1S/C13H10Cl2N4/c14-10-5-11(15)13(19-12(10)17)18-7-9-3-1-2-8(4-9)6-16/h1-5H,7H2,(H3,17,18,19). The SMILES string of the molecule is N#Cc1cccc(CNc2nc(N)c(Cl)cc2Cl)c1. The zero-order chi connectivity index (χ0) is 13.8. The van der Waals surface area contributed by atoms with Crippen molar-refractivity contribution in [3.8, 4) is 6.07 Å². The molecule has 6 heteroatoms. The first-order chi connectivity index (χ1) is 9.10. The van der Waals surface area contributed by atoms with Crippen LogP contribution < -0.4 is 11.1 Å². The molecule has 0 aliphatic carbocycles. The lowest BCUT2D eigenvalue weighted by atomic mass is 10.1. The number of hydrogen-bond acceptors (Lipinski definition) is 4. The average Bonchev–Trinajstić information content (AvgIpc) is 2.41. The Balaban J connectivity index is 2.14. The van der Waals surface area contributed by atoms with Crippen LogP contribution in [0.4, 0.5) is 11.6 Å². The summed E-state index contributed by atoms with van der Waals surface area (Å²) in [7, 11) is 0. The molecular weight excluding hydrogens is 283 g/mol. The molecular formula is C13H10Cl2N4. The van der Waals surface area contributed by atoms with Gasteiger partial charge < -0.3 is 11.1 Å². The third-order valence-electron chi connectivity index (χ3n) is 2.47. The molecule has 1 heterocycles. The van der Waals surface area contributed by atoms with Crippen molar-refractivity contribution in [3.05, 3.63) is 51.5 Å². The minimum absolute atomic E-state index is 0.222. The van der Waals surface area contributed by atoms with Gasteiger partial charge in [-0.3, -0.25) is 0 Å². The van der Waals surface area contributed by atoms with Crippen LogP contribution in [0.25, 0.3) is 0 Å². The highest BCUT2D eigenvalue weighted by Gasteiger charge is 2.06. The normalized spacial score (nSPS) is 9.95. The van der Waals surface area contributed by atoms with E-state index in [0.717, 1.165) is 5.56 Å². The summed E-state index contributed by atoms with van der Waals surface area (Å²) in [6.07, 6.45) is 0. The van der Waals surface area contributed by atoms with E-state index < -0.39 is 0 Å². The van der Waals surface area contributed by atoms with Crippen LogP contribution in [-0.4, -0.2) is 4.98 Å². The molecule has 0 saturated heterocycles. The molecule has 0 aliphatic rings. The van der Waals surface area contributed by atoms with Crippen LogP contribution in [0, 0.1) is 11.3 Å². The number of aromatic nitrogens is 1. The number of nitriles is 1. The molecule has 0 radical (unpaired) electrons. The fourth-order valence-corrected chi connectivity index (χ4v) is 1.97. The number of anilines is 2. The molecule has 2 rings (SSSR count). The Hall–Kier alpha value is -1.96. The van der Waals surface area contributed by atoms with Crippen LogP contribution in [0.15, 0.2) is 30.3 Å². The van der Waals surface area contributed by atoms with Crippen molar-refractivity contribution in [2.45, 2.75) is 6.54 Å². The molecule has 0 unspecified atom stereocenters. The van der Waals surface area contributed by atoms with Crippen molar-refractivity contribution in [1.82, 2.24) is 4.98 Å². The number of hydrogen-bond donors (Lipinski definition) is 2. The molecule has 0 saturated carbocycles. The minimum atomic E-state index is 0.222. The van der Waals surface area contributed by atoms with E-state index in [2.05, 4.69) is 16.4 Å². The van der Waals surface area contributed by atoms with Crippen LogP contribution in [0.5, 0.6) is 0 Å². The first kappa shape index (κ1) is 13.5. The van der Waals surface area contributed by atoms with Gasteiger partial charge in [0.05, 0.1) is 21.7 Å². The molecule has 19 heavy (non-hydrogen) atoms. The fraction of sp³-hybridized carbons (Fsp3) is 0.0769. The second-order valence-electron chi connectivity index (χ2n) is 3.85. The molecule has 2 aromatic rings. The second-order valence-corrected chi connectivity index (χ2v) is 4.67. The Morgan fingerprint density at radius 1 is 1.26 bits per heavy atom. The molecule has 0 fully saturated rings. The summed E-state index contributed by atoms with van der Waals surface area (Å²) in [5.74, 6) is 0.685. The van der Waals surface area contributed by atoms with E-state index in [-0.39, 0.29) is 5.82 Å². The average molecular weight is 293 g/mol. The fourth-order valence-electron chi connectivity index (χ4n) is 1.54. The zero-order valence-electron chi connectivity index (χ0n) is 9.82. The second kappa shape index (κ2) is 5.79. The first-order valence-corrected chi connectivity index (χ1v) is 6.20. The molecule has 0 bridgehead atoms. The molecule has 1 aromatic carbocycles. The summed E-state index contributed by atoms with van der Waals surface area (Å²) in [6, 6.07) is 10.9. The van der Waals surface area contributed by atoms with Crippen molar-refractivity contribution in [2.24, 2.45) is 0 Å². The quantitative estimate of drug-likeness (QED) is 0.908. The topological polar surface area (TPSA) is 74.7 Å². The lowest BCUT2D eigenvalue weighted by molar-refractivity contribution is 1.11. The Labute approximate surface area is 120 Å². The van der Waals surface area contributed by atoms with E-state index in [9.17, 15) is 0 Å². The van der Waals surface area contributed by atoms with Gasteiger partial charge in [0.2, 0.25) is 0 Å². The van der Waals surface area contributed by atoms with Crippen molar-refractivity contribution in [1.29, 1.82) is 5.26 Å². The van der Waals surface area contributed by atoms with Gasteiger partial charge >= 0.3 is 0 Å². The summed E-state index contributed by atoms with van der Waals surface area (Å²) in [4.78, 5) is 4.07. The third kappa shape index (κ3) is 3.28. The van der Waals surface area contributed by atoms with E-state index in [1.54, 1.807) is 18.2 Å². The molecule has 4 nitrogen and oxygen atoms in total. The number of nitrogens with one attached hydrogen (secondary N) is 1. The van der Waals surface area contributed by atoms with Gasteiger partial charge in [-0.1, -0.05) is 35.3 Å². The lowest BCUT2D eigenvalue weighted by Gasteiger charge is -2.09. The predicted octanol–water partition coefficient (Wildman–Crippen LogP) is 3.45. The Kier molecular flexibility index (Phi) is 4.10. The van der Waals surface area contributed by atoms with Crippen molar-refractivity contribution in [2.75, 3.05) is 11.1 Å². The Morgan fingerprint density at radius 3 is 2.79 bits per heavy atom. The number of benzene rings is 1. The summed E-state index contributed by atoms with van der Waals surface area (Å²) >= 11 is 11.8. The molecule has 0 spiro atoms. The van der Waals surface area contributed by atoms with Gasteiger partial charge in [-0.25, -0.2) is 4.98 Å². The molecule has 96 valence electrons. The number of pyridine rings is 1. The first-order valence-electron chi connectivity index (χ1n) is 5.44. The van der Waals surface area contributed by atoms with Gasteiger partial charge in [0.25, 0.3) is 0 Å². The lowest BCUT2D eigenvalue weighted by Crippen LogP contribution is -2.04. The number of nitrogen functional groups attached to an aromatic ring is 1. The number of nitrogens with two attached hydrogens (primary N) is 1. The van der Waals surface area contributed by atoms with Crippen LogP contribution in [-0.2, 0) is 6.54 Å². The van der Waals surface area contributed by atoms with E-state index in [1.807, 2.05) is 12.1 Å². The summed E-state index contributed by atoms with van der Waals surface area (Å²) < 4.78 is 0. The summed E-state index contributed by atoms with van der Waals surface area (Å²) in [5.41, 5.74) is 7.17. The molecule has 1 aromatic heterocycles. The maximum absolute atomic E-state index is 8.82. The monoisotopic (exact) mass is 292 g/mol. The van der Waals surface area contributed by atoms with Crippen LogP contribution >= 0.6 is 23.2 Å². The maximum atomic E-state index is 8.82. The van der Waals surface area contributed by atoms with E-state index in [0.29, 0.717) is 28.0 Å². The highest BCUT2D eigenvalue weighted by molar-refractivity contribution is 6.37. The number of rotatable bonds is 3. The summed E-state index contributed by atoms with van der Waals surface area (Å²) in [5, 5.41) is 12.6. The van der Waals surface area contributed by atoms with E-state index in [1.165, 1.54) is 0 Å². The highest BCUT2D eigenvalue weighted by Crippen LogP contribution is 2.27.